The fourth-order valence-electron chi connectivity index (χ4n) is 2.30. The van der Waals surface area contributed by atoms with Gasteiger partial charge in [-0.15, -0.1) is 0 Å². The zero-order valence-electron chi connectivity index (χ0n) is 9.76. The Morgan fingerprint density at radius 1 is 1.33 bits per heavy atom. The Kier molecular flexibility index (Phi) is 4.32. The van der Waals surface area contributed by atoms with Gasteiger partial charge in [0.1, 0.15) is 0 Å². The lowest BCUT2D eigenvalue weighted by Gasteiger charge is -2.19. The van der Waals surface area contributed by atoms with Gasteiger partial charge in [0.05, 0.1) is 0 Å². The van der Waals surface area contributed by atoms with E-state index < -0.39 is 11.6 Å². The Hall–Kier alpha value is -0.970. The molecule has 1 aliphatic carbocycles. The molecule has 1 aromatic rings. The summed E-state index contributed by atoms with van der Waals surface area (Å²) < 4.78 is 25.8. The first-order valence-corrected chi connectivity index (χ1v) is 7.06. The number of halogens is 3. The topological polar surface area (TPSA) is 29.1 Å². The Morgan fingerprint density at radius 2 is 2.11 bits per heavy atom. The molecule has 2 rings (SSSR count). The van der Waals surface area contributed by atoms with Gasteiger partial charge in [0, 0.05) is 16.9 Å². The van der Waals surface area contributed by atoms with Gasteiger partial charge in [0.25, 0.3) is 5.91 Å². The molecule has 2 unspecified atom stereocenters. The summed E-state index contributed by atoms with van der Waals surface area (Å²) in [6.45, 7) is 0. The molecule has 98 valence electrons. The molecule has 2 atom stereocenters. The van der Waals surface area contributed by atoms with Crippen LogP contribution in [0.25, 0.3) is 0 Å². The highest BCUT2D eigenvalue weighted by Gasteiger charge is 2.27. The van der Waals surface area contributed by atoms with Gasteiger partial charge in [0.15, 0.2) is 11.6 Å². The standard InChI is InChI=1S/C13H14BrF2NO/c14-7-9-2-1-3-12(9)17-13(18)8-4-5-10(15)11(16)6-8/h4-6,9,12H,1-3,7H2,(H,17,18). The molecule has 0 aliphatic heterocycles. The van der Waals surface area contributed by atoms with Gasteiger partial charge in [-0.1, -0.05) is 22.4 Å². The van der Waals surface area contributed by atoms with E-state index in [0.717, 1.165) is 36.7 Å². The minimum Gasteiger partial charge on any atom is -0.349 e. The molecule has 1 N–H and O–H groups in total. The van der Waals surface area contributed by atoms with E-state index in [1.807, 2.05) is 0 Å². The maximum absolute atomic E-state index is 13.0. The third-order valence-electron chi connectivity index (χ3n) is 3.36. The molecule has 0 spiro atoms. The van der Waals surface area contributed by atoms with Crippen LogP contribution in [0.4, 0.5) is 8.78 Å². The quantitative estimate of drug-likeness (QED) is 0.852. The Morgan fingerprint density at radius 3 is 2.78 bits per heavy atom. The third kappa shape index (κ3) is 2.88. The molecule has 0 aromatic heterocycles. The van der Waals surface area contributed by atoms with Crippen LogP contribution in [0.1, 0.15) is 29.6 Å². The number of amides is 1. The predicted molar refractivity (Wildman–Crippen MR) is 68.7 cm³/mol. The van der Waals surface area contributed by atoms with Crippen LogP contribution in [0, 0.1) is 17.6 Å². The molecular formula is C13H14BrF2NO. The summed E-state index contributed by atoms with van der Waals surface area (Å²) in [6.07, 6.45) is 3.10. The van der Waals surface area contributed by atoms with Crippen molar-refractivity contribution in [3.05, 3.63) is 35.4 Å². The second-order valence-electron chi connectivity index (χ2n) is 4.55. The van der Waals surface area contributed by atoms with Gasteiger partial charge < -0.3 is 5.32 Å². The van der Waals surface area contributed by atoms with Crippen molar-refractivity contribution in [2.24, 2.45) is 5.92 Å². The van der Waals surface area contributed by atoms with E-state index >= 15 is 0 Å². The summed E-state index contributed by atoms with van der Waals surface area (Å²) in [5.74, 6) is -1.86. The van der Waals surface area contributed by atoms with Gasteiger partial charge in [-0.2, -0.15) is 0 Å². The second-order valence-corrected chi connectivity index (χ2v) is 5.20. The molecule has 1 saturated carbocycles. The molecule has 0 radical (unpaired) electrons. The molecule has 1 aliphatic rings. The second kappa shape index (κ2) is 5.78. The van der Waals surface area contributed by atoms with E-state index in [4.69, 9.17) is 0 Å². The predicted octanol–water partition coefficient (Wildman–Crippen LogP) is 3.26. The molecule has 1 fully saturated rings. The summed E-state index contributed by atoms with van der Waals surface area (Å²) in [4.78, 5) is 11.9. The number of hydrogen-bond acceptors (Lipinski definition) is 1. The third-order valence-corrected chi connectivity index (χ3v) is 4.19. The van der Waals surface area contributed by atoms with Crippen molar-refractivity contribution in [1.82, 2.24) is 5.32 Å². The number of benzene rings is 1. The van der Waals surface area contributed by atoms with Crippen molar-refractivity contribution in [3.63, 3.8) is 0 Å². The van der Waals surface area contributed by atoms with E-state index in [-0.39, 0.29) is 17.5 Å². The molecule has 0 heterocycles. The smallest absolute Gasteiger partial charge is 0.251 e. The fourth-order valence-corrected chi connectivity index (χ4v) is 3.08. The molecule has 2 nitrogen and oxygen atoms in total. The van der Waals surface area contributed by atoms with Gasteiger partial charge in [-0.25, -0.2) is 8.78 Å². The summed E-state index contributed by atoms with van der Waals surface area (Å²) in [7, 11) is 0. The van der Waals surface area contributed by atoms with Crippen LogP contribution in [0.2, 0.25) is 0 Å². The van der Waals surface area contributed by atoms with Crippen LogP contribution in [-0.2, 0) is 0 Å². The van der Waals surface area contributed by atoms with Crippen LogP contribution >= 0.6 is 15.9 Å². The van der Waals surface area contributed by atoms with Crippen molar-refractivity contribution in [1.29, 1.82) is 0 Å². The number of rotatable bonds is 3. The minimum absolute atomic E-state index is 0.116. The molecule has 0 bridgehead atoms. The first-order chi connectivity index (χ1) is 8.61. The molecular weight excluding hydrogens is 304 g/mol. The molecule has 5 heteroatoms. The number of carbonyl (C=O) groups excluding carboxylic acids is 1. The SMILES string of the molecule is O=C(NC1CCCC1CBr)c1ccc(F)c(F)c1. The highest BCUT2D eigenvalue weighted by molar-refractivity contribution is 9.09. The van der Waals surface area contributed by atoms with Crippen molar-refractivity contribution in [2.45, 2.75) is 25.3 Å². The average molecular weight is 318 g/mol. The van der Waals surface area contributed by atoms with E-state index in [0.29, 0.717) is 5.92 Å². The largest absolute Gasteiger partial charge is 0.349 e. The minimum atomic E-state index is -0.994. The lowest BCUT2D eigenvalue weighted by Crippen LogP contribution is -2.37. The summed E-state index contributed by atoms with van der Waals surface area (Å²) in [5, 5.41) is 3.73. The zero-order chi connectivity index (χ0) is 13.1. The van der Waals surface area contributed by atoms with Crippen LogP contribution in [0.5, 0.6) is 0 Å². The lowest BCUT2D eigenvalue weighted by molar-refractivity contribution is 0.0929. The number of alkyl halides is 1. The van der Waals surface area contributed by atoms with Crippen molar-refractivity contribution < 1.29 is 13.6 Å². The Bertz CT molecular complexity index is 453. The normalized spacial score (nSPS) is 23.1. The van der Waals surface area contributed by atoms with Crippen molar-refractivity contribution in [2.75, 3.05) is 5.33 Å². The Labute approximate surface area is 113 Å². The van der Waals surface area contributed by atoms with E-state index in [1.165, 1.54) is 6.07 Å². The van der Waals surface area contributed by atoms with Crippen molar-refractivity contribution >= 4 is 21.8 Å². The van der Waals surface area contributed by atoms with Crippen molar-refractivity contribution in [3.8, 4) is 0 Å². The highest BCUT2D eigenvalue weighted by atomic mass is 79.9. The Balaban J connectivity index is 2.05. The lowest BCUT2D eigenvalue weighted by atomic mass is 10.1. The van der Waals surface area contributed by atoms with Crippen LogP contribution < -0.4 is 5.32 Å². The number of hydrogen-bond donors (Lipinski definition) is 1. The molecule has 0 saturated heterocycles. The van der Waals surface area contributed by atoms with Gasteiger partial charge >= 0.3 is 0 Å². The first-order valence-electron chi connectivity index (χ1n) is 5.93. The van der Waals surface area contributed by atoms with E-state index in [9.17, 15) is 13.6 Å². The molecule has 1 aromatic carbocycles. The maximum Gasteiger partial charge on any atom is 0.251 e. The fraction of sp³-hybridized carbons (Fsp3) is 0.462. The zero-order valence-corrected chi connectivity index (χ0v) is 11.3. The van der Waals surface area contributed by atoms with E-state index in [2.05, 4.69) is 21.2 Å². The first kappa shape index (κ1) is 13.5. The highest BCUT2D eigenvalue weighted by Crippen LogP contribution is 2.27. The van der Waals surface area contributed by atoms with Crippen LogP contribution in [0.3, 0.4) is 0 Å². The monoisotopic (exact) mass is 317 g/mol. The average Bonchev–Trinajstić information content (AvgIpc) is 2.79. The summed E-state index contributed by atoms with van der Waals surface area (Å²) >= 11 is 3.42. The van der Waals surface area contributed by atoms with Gasteiger partial charge in [0.2, 0.25) is 0 Å². The number of carbonyl (C=O) groups is 1. The summed E-state index contributed by atoms with van der Waals surface area (Å²) in [5.41, 5.74) is 0.161. The van der Waals surface area contributed by atoms with Crippen LogP contribution in [0.15, 0.2) is 18.2 Å². The number of nitrogens with one attached hydrogen (secondary N) is 1. The van der Waals surface area contributed by atoms with Crippen LogP contribution in [-0.4, -0.2) is 17.3 Å². The van der Waals surface area contributed by atoms with Gasteiger partial charge in [-0.3, -0.25) is 4.79 Å². The van der Waals surface area contributed by atoms with E-state index in [1.54, 1.807) is 0 Å². The summed E-state index contributed by atoms with van der Waals surface area (Å²) in [6, 6.07) is 3.32. The van der Waals surface area contributed by atoms with Gasteiger partial charge in [-0.05, 0) is 37.0 Å². The molecule has 1 amide bonds. The molecule has 18 heavy (non-hydrogen) atoms. The maximum atomic E-state index is 13.0.